The van der Waals surface area contributed by atoms with Crippen LogP contribution in [0.25, 0.3) is 0 Å². The van der Waals surface area contributed by atoms with Crippen LogP contribution in [-0.4, -0.2) is 82.2 Å². The fourth-order valence-corrected chi connectivity index (χ4v) is 4.32. The number of benzene rings is 1. The Labute approximate surface area is 237 Å². The van der Waals surface area contributed by atoms with Crippen LogP contribution in [0.2, 0.25) is 5.02 Å². The minimum atomic E-state index is -1.58. The van der Waals surface area contributed by atoms with E-state index in [9.17, 15) is 29.3 Å². The lowest BCUT2D eigenvalue weighted by Gasteiger charge is -2.31. The summed E-state index contributed by atoms with van der Waals surface area (Å²) in [6.07, 6.45) is 8.86. The van der Waals surface area contributed by atoms with Gasteiger partial charge in [0.1, 0.15) is 17.1 Å². The first-order valence-electron chi connectivity index (χ1n) is 13.0. The van der Waals surface area contributed by atoms with Crippen molar-refractivity contribution in [2.75, 3.05) is 44.4 Å². The van der Waals surface area contributed by atoms with Crippen LogP contribution in [-0.2, 0) is 16.0 Å². The molecule has 2 amide bonds. The molecule has 1 saturated heterocycles. The van der Waals surface area contributed by atoms with Gasteiger partial charge in [0, 0.05) is 31.4 Å². The summed E-state index contributed by atoms with van der Waals surface area (Å²) in [6, 6.07) is 4.33. The van der Waals surface area contributed by atoms with Gasteiger partial charge in [-0.1, -0.05) is 17.7 Å². The van der Waals surface area contributed by atoms with Crippen molar-refractivity contribution in [2.45, 2.75) is 37.6 Å². The highest BCUT2D eigenvalue weighted by Gasteiger charge is 2.29. The highest BCUT2D eigenvalue weighted by atomic mass is 35.5. The van der Waals surface area contributed by atoms with Crippen molar-refractivity contribution in [3.05, 3.63) is 59.3 Å². The Bertz CT molecular complexity index is 1130. The second-order valence-corrected chi connectivity index (χ2v) is 10.1. The first-order valence-corrected chi connectivity index (χ1v) is 13.4. The molecule has 0 radical (unpaired) electrons. The van der Waals surface area contributed by atoms with Gasteiger partial charge in [-0.3, -0.25) is 9.59 Å². The molecular formula is C27H35ClFN5O6. The van der Waals surface area contributed by atoms with Crippen molar-refractivity contribution >= 4 is 29.4 Å². The van der Waals surface area contributed by atoms with Crippen LogP contribution >= 0.6 is 11.6 Å². The zero-order valence-corrected chi connectivity index (χ0v) is 22.8. The van der Waals surface area contributed by atoms with Gasteiger partial charge in [0.2, 0.25) is 17.8 Å². The number of nitrogens with one attached hydrogen (secondary N) is 2. The zero-order valence-electron chi connectivity index (χ0n) is 22.1. The Morgan fingerprint density at radius 3 is 2.45 bits per heavy atom. The van der Waals surface area contributed by atoms with Crippen molar-refractivity contribution in [2.24, 2.45) is 5.92 Å². The lowest BCUT2D eigenvalue weighted by atomic mass is 9.92. The molecular weight excluding hydrogens is 545 g/mol. The Morgan fingerprint density at radius 1 is 1.15 bits per heavy atom. The van der Waals surface area contributed by atoms with Crippen LogP contribution in [0.15, 0.2) is 42.9 Å². The highest BCUT2D eigenvalue weighted by molar-refractivity contribution is 6.30. The molecule has 11 nitrogen and oxygen atoms in total. The monoisotopic (exact) mass is 579 g/mol. The quantitative estimate of drug-likeness (QED) is 0.165. The van der Waals surface area contributed by atoms with E-state index in [-0.39, 0.29) is 12.0 Å². The predicted octanol–water partition coefficient (Wildman–Crippen LogP) is 1.35. The SMILES string of the molecule is O=C(C=CNC(=O)Cc1ccc(OCCCC2CCN(c3ncc(Cl)cn3)CC2)cc1F)NC(CO)(CO)CO. The summed E-state index contributed by atoms with van der Waals surface area (Å²) in [5.41, 5.74) is -1.41. The average Bonchev–Trinajstić information content (AvgIpc) is 2.96. The smallest absolute Gasteiger partial charge is 0.246 e. The van der Waals surface area contributed by atoms with Gasteiger partial charge in [0.05, 0.1) is 50.3 Å². The minimum absolute atomic E-state index is 0.166. The molecule has 0 atom stereocenters. The molecule has 40 heavy (non-hydrogen) atoms. The molecule has 3 rings (SSSR count). The van der Waals surface area contributed by atoms with Crippen LogP contribution in [0.1, 0.15) is 31.2 Å². The normalized spacial score (nSPS) is 14.4. The van der Waals surface area contributed by atoms with E-state index in [2.05, 4.69) is 25.5 Å². The van der Waals surface area contributed by atoms with Crippen molar-refractivity contribution in [3.63, 3.8) is 0 Å². The van der Waals surface area contributed by atoms with Gasteiger partial charge in [0.25, 0.3) is 0 Å². The molecule has 0 saturated carbocycles. The van der Waals surface area contributed by atoms with Gasteiger partial charge < -0.3 is 35.6 Å². The maximum Gasteiger partial charge on any atom is 0.246 e. The third-order valence-electron chi connectivity index (χ3n) is 6.68. The number of nitrogens with zero attached hydrogens (tertiary/aromatic N) is 3. The maximum absolute atomic E-state index is 14.5. The van der Waals surface area contributed by atoms with Gasteiger partial charge in [-0.25, -0.2) is 14.4 Å². The number of anilines is 1. The molecule has 5 N–H and O–H groups in total. The number of hydrogen-bond acceptors (Lipinski definition) is 9. The lowest BCUT2D eigenvalue weighted by molar-refractivity contribution is -0.120. The minimum Gasteiger partial charge on any atom is -0.493 e. The lowest BCUT2D eigenvalue weighted by Crippen LogP contribution is -2.56. The first-order chi connectivity index (χ1) is 19.3. The van der Waals surface area contributed by atoms with E-state index in [1.54, 1.807) is 18.5 Å². The molecule has 218 valence electrons. The third kappa shape index (κ3) is 9.40. The van der Waals surface area contributed by atoms with E-state index >= 15 is 0 Å². The second-order valence-electron chi connectivity index (χ2n) is 9.70. The summed E-state index contributed by atoms with van der Waals surface area (Å²) in [7, 11) is 0. The van der Waals surface area contributed by atoms with E-state index in [0.717, 1.165) is 51.0 Å². The first kappa shape index (κ1) is 31.2. The number of amides is 2. The number of ether oxygens (including phenoxy) is 1. The molecule has 1 aliphatic heterocycles. The van der Waals surface area contributed by atoms with Crippen LogP contribution in [0.4, 0.5) is 10.3 Å². The third-order valence-corrected chi connectivity index (χ3v) is 6.88. The molecule has 0 unspecified atom stereocenters. The fourth-order valence-electron chi connectivity index (χ4n) is 4.22. The van der Waals surface area contributed by atoms with Gasteiger partial charge in [-0.05, 0) is 43.2 Å². The molecule has 1 aromatic heterocycles. The van der Waals surface area contributed by atoms with E-state index in [0.29, 0.717) is 29.2 Å². The number of halogens is 2. The Morgan fingerprint density at radius 2 is 1.82 bits per heavy atom. The molecule has 0 spiro atoms. The van der Waals surface area contributed by atoms with Crippen molar-refractivity contribution in [3.8, 4) is 5.75 Å². The number of carbonyl (C=O) groups is 2. The summed E-state index contributed by atoms with van der Waals surface area (Å²) in [4.78, 5) is 34.7. The van der Waals surface area contributed by atoms with E-state index in [1.807, 2.05) is 0 Å². The number of hydrogen-bond donors (Lipinski definition) is 5. The number of rotatable bonds is 14. The number of piperidine rings is 1. The predicted molar refractivity (Wildman–Crippen MR) is 146 cm³/mol. The summed E-state index contributed by atoms with van der Waals surface area (Å²) >= 11 is 5.85. The van der Waals surface area contributed by atoms with Crippen LogP contribution in [0.3, 0.4) is 0 Å². The standard InChI is InChI=1S/C27H35ClFN5O6/c28-21-14-31-26(32-15-21)34-9-6-19(7-10-34)2-1-11-40-22-4-3-20(23(29)13-22)12-25(39)30-8-5-24(38)33-27(16-35,17-36)18-37/h3-5,8,13-15,19,35-37H,1-2,6-7,9-12,16-18H2,(H,30,39)(H,33,38). The van der Waals surface area contributed by atoms with Crippen LogP contribution in [0.5, 0.6) is 5.75 Å². The van der Waals surface area contributed by atoms with Crippen molar-refractivity contribution in [1.82, 2.24) is 20.6 Å². The van der Waals surface area contributed by atoms with Crippen LogP contribution < -0.4 is 20.3 Å². The summed E-state index contributed by atoms with van der Waals surface area (Å²) in [5.74, 6) is -0.226. The Kier molecular flexibility index (Phi) is 12.1. The molecule has 2 aromatic rings. The summed E-state index contributed by atoms with van der Waals surface area (Å²) in [6.45, 7) is 0.199. The molecule has 1 aliphatic rings. The number of carbonyl (C=O) groups excluding carboxylic acids is 2. The molecule has 1 fully saturated rings. The number of aromatic nitrogens is 2. The van der Waals surface area contributed by atoms with Gasteiger partial charge in [-0.2, -0.15) is 0 Å². The highest BCUT2D eigenvalue weighted by Crippen LogP contribution is 2.25. The maximum atomic E-state index is 14.5. The summed E-state index contributed by atoms with van der Waals surface area (Å²) in [5, 5.41) is 32.8. The van der Waals surface area contributed by atoms with E-state index < -0.39 is 43.0 Å². The number of aliphatic hydroxyl groups excluding tert-OH is 3. The summed E-state index contributed by atoms with van der Waals surface area (Å²) < 4.78 is 20.2. The average molecular weight is 580 g/mol. The van der Waals surface area contributed by atoms with E-state index in [4.69, 9.17) is 16.3 Å². The number of aliphatic hydroxyl groups is 3. The molecule has 2 heterocycles. The molecule has 0 aliphatic carbocycles. The fraction of sp³-hybridized carbons (Fsp3) is 0.481. The second kappa shape index (κ2) is 15.5. The largest absolute Gasteiger partial charge is 0.493 e. The molecule has 1 aromatic carbocycles. The van der Waals surface area contributed by atoms with Gasteiger partial charge >= 0.3 is 0 Å². The van der Waals surface area contributed by atoms with Crippen molar-refractivity contribution in [1.29, 1.82) is 0 Å². The van der Waals surface area contributed by atoms with Crippen molar-refractivity contribution < 1.29 is 34.0 Å². The molecule has 0 bridgehead atoms. The molecule has 13 heteroatoms. The zero-order chi connectivity index (χ0) is 29.0. The Balaban J connectivity index is 1.35. The van der Waals surface area contributed by atoms with Gasteiger partial charge in [0.15, 0.2) is 0 Å². The Hall–Kier alpha value is -3.32. The van der Waals surface area contributed by atoms with Crippen LogP contribution in [0, 0.1) is 11.7 Å². The van der Waals surface area contributed by atoms with Gasteiger partial charge in [-0.15, -0.1) is 0 Å². The van der Waals surface area contributed by atoms with E-state index in [1.165, 1.54) is 12.1 Å². The topological polar surface area (TPSA) is 157 Å².